The van der Waals surface area contributed by atoms with Gasteiger partial charge in [-0.2, -0.15) is 0 Å². The average molecular weight is 271 g/mol. The minimum Gasteiger partial charge on any atom is -0.391 e. The Kier molecular flexibility index (Phi) is 3.24. The molecule has 1 fully saturated rings. The first-order chi connectivity index (χ1) is 9.63. The summed E-state index contributed by atoms with van der Waals surface area (Å²) in [6, 6.07) is 13.7. The maximum absolute atomic E-state index is 12.9. The number of aliphatic hydroxyl groups is 1. The molecule has 0 bridgehead atoms. The van der Waals surface area contributed by atoms with Crippen LogP contribution in [0.3, 0.4) is 0 Å². The van der Waals surface area contributed by atoms with Crippen LogP contribution in [0.4, 0.5) is 10.1 Å². The zero-order chi connectivity index (χ0) is 14.1. The molecule has 1 saturated heterocycles. The summed E-state index contributed by atoms with van der Waals surface area (Å²) < 4.78 is 12.9. The predicted molar refractivity (Wildman–Crippen MR) is 74.8 cm³/mol. The van der Waals surface area contributed by atoms with Gasteiger partial charge in [-0.3, -0.25) is 4.79 Å². The molecule has 2 aromatic rings. The highest BCUT2D eigenvalue weighted by Crippen LogP contribution is 2.26. The number of rotatable bonds is 2. The van der Waals surface area contributed by atoms with Gasteiger partial charge in [-0.15, -0.1) is 0 Å². The molecule has 1 N–H and O–H groups in total. The standard InChI is InChI=1S/C16H14FNO2/c17-13-5-1-11(2-6-13)12-3-7-14(8-4-12)18-10-15(19)9-16(18)20/h1-8,15,19H,9-10H2. The molecule has 1 aliphatic heterocycles. The molecule has 1 aliphatic rings. The summed E-state index contributed by atoms with van der Waals surface area (Å²) in [5, 5.41) is 9.49. The molecule has 3 rings (SSSR count). The molecular formula is C16H14FNO2. The van der Waals surface area contributed by atoms with Crippen molar-refractivity contribution in [2.24, 2.45) is 0 Å². The van der Waals surface area contributed by atoms with Crippen LogP contribution in [0.5, 0.6) is 0 Å². The molecule has 1 atom stereocenters. The Balaban J connectivity index is 1.84. The van der Waals surface area contributed by atoms with Gasteiger partial charge in [-0.25, -0.2) is 4.39 Å². The van der Waals surface area contributed by atoms with Crippen molar-refractivity contribution in [3.63, 3.8) is 0 Å². The summed E-state index contributed by atoms with van der Waals surface area (Å²) in [6.45, 7) is 0.342. The van der Waals surface area contributed by atoms with Gasteiger partial charge in [0.15, 0.2) is 0 Å². The highest BCUT2D eigenvalue weighted by atomic mass is 19.1. The molecule has 4 heteroatoms. The number of nitrogens with zero attached hydrogens (tertiary/aromatic N) is 1. The van der Waals surface area contributed by atoms with Crippen LogP contribution >= 0.6 is 0 Å². The van der Waals surface area contributed by atoms with E-state index >= 15 is 0 Å². The van der Waals surface area contributed by atoms with Gasteiger partial charge in [0.1, 0.15) is 5.82 Å². The average Bonchev–Trinajstić information content (AvgIpc) is 2.79. The Hall–Kier alpha value is -2.20. The largest absolute Gasteiger partial charge is 0.391 e. The van der Waals surface area contributed by atoms with Gasteiger partial charge in [0, 0.05) is 5.69 Å². The van der Waals surface area contributed by atoms with Crippen molar-refractivity contribution in [3.05, 3.63) is 54.3 Å². The van der Waals surface area contributed by atoms with Crippen molar-refractivity contribution in [2.45, 2.75) is 12.5 Å². The summed E-state index contributed by atoms with van der Waals surface area (Å²) in [5.74, 6) is -0.325. The van der Waals surface area contributed by atoms with E-state index in [4.69, 9.17) is 0 Å². The maximum Gasteiger partial charge on any atom is 0.229 e. The first kappa shape index (κ1) is 12.8. The molecule has 2 aromatic carbocycles. The van der Waals surface area contributed by atoms with Crippen molar-refractivity contribution < 1.29 is 14.3 Å². The second kappa shape index (κ2) is 5.06. The van der Waals surface area contributed by atoms with E-state index < -0.39 is 6.10 Å². The van der Waals surface area contributed by atoms with Gasteiger partial charge in [0.05, 0.1) is 19.1 Å². The molecule has 0 saturated carbocycles. The lowest BCUT2D eigenvalue weighted by atomic mass is 10.1. The van der Waals surface area contributed by atoms with Crippen molar-refractivity contribution in [3.8, 4) is 11.1 Å². The van der Waals surface area contributed by atoms with Gasteiger partial charge >= 0.3 is 0 Å². The van der Waals surface area contributed by atoms with Gasteiger partial charge in [0.25, 0.3) is 0 Å². The number of halogens is 1. The van der Waals surface area contributed by atoms with Gasteiger partial charge < -0.3 is 10.0 Å². The fraction of sp³-hybridized carbons (Fsp3) is 0.188. The Bertz CT molecular complexity index is 622. The Labute approximate surface area is 116 Å². The Morgan fingerprint density at radius 1 is 1.00 bits per heavy atom. The Morgan fingerprint density at radius 2 is 1.55 bits per heavy atom. The number of carbonyl (C=O) groups excluding carboxylic acids is 1. The fourth-order valence-corrected chi connectivity index (χ4v) is 2.41. The summed E-state index contributed by atoms with van der Waals surface area (Å²) in [6.07, 6.45) is -0.404. The van der Waals surface area contributed by atoms with E-state index in [-0.39, 0.29) is 18.1 Å². The van der Waals surface area contributed by atoms with E-state index in [1.807, 2.05) is 24.3 Å². The van der Waals surface area contributed by atoms with Crippen LogP contribution < -0.4 is 4.90 Å². The maximum atomic E-state index is 12.9. The first-order valence-electron chi connectivity index (χ1n) is 6.48. The normalized spacial score (nSPS) is 18.6. The van der Waals surface area contributed by atoms with Crippen molar-refractivity contribution in [2.75, 3.05) is 11.4 Å². The van der Waals surface area contributed by atoms with Crippen LogP contribution in [0.15, 0.2) is 48.5 Å². The molecule has 0 spiro atoms. The molecule has 0 aliphatic carbocycles. The fourth-order valence-electron chi connectivity index (χ4n) is 2.41. The minimum absolute atomic E-state index is 0.0629. The number of aliphatic hydroxyl groups excluding tert-OH is 1. The van der Waals surface area contributed by atoms with E-state index in [0.717, 1.165) is 16.8 Å². The van der Waals surface area contributed by atoms with Gasteiger partial charge in [-0.1, -0.05) is 24.3 Å². The third-order valence-electron chi connectivity index (χ3n) is 3.46. The van der Waals surface area contributed by atoms with Crippen LogP contribution in [0, 0.1) is 5.82 Å². The van der Waals surface area contributed by atoms with Crippen LogP contribution in [0.2, 0.25) is 0 Å². The quantitative estimate of drug-likeness (QED) is 0.912. The van der Waals surface area contributed by atoms with E-state index in [2.05, 4.69) is 0 Å². The number of anilines is 1. The lowest BCUT2D eigenvalue weighted by Crippen LogP contribution is -2.25. The summed E-state index contributed by atoms with van der Waals surface area (Å²) in [7, 11) is 0. The lowest BCUT2D eigenvalue weighted by molar-refractivity contribution is -0.117. The van der Waals surface area contributed by atoms with Crippen molar-refractivity contribution in [1.82, 2.24) is 0 Å². The molecule has 1 unspecified atom stereocenters. The van der Waals surface area contributed by atoms with Crippen molar-refractivity contribution in [1.29, 1.82) is 0 Å². The molecule has 0 radical (unpaired) electrons. The molecule has 1 heterocycles. The highest BCUT2D eigenvalue weighted by molar-refractivity contribution is 5.96. The van der Waals surface area contributed by atoms with Crippen molar-refractivity contribution >= 4 is 11.6 Å². The zero-order valence-electron chi connectivity index (χ0n) is 10.8. The molecule has 1 amide bonds. The zero-order valence-corrected chi connectivity index (χ0v) is 10.8. The van der Waals surface area contributed by atoms with E-state index in [1.54, 1.807) is 17.0 Å². The SMILES string of the molecule is O=C1CC(O)CN1c1ccc(-c2ccc(F)cc2)cc1. The number of carbonyl (C=O) groups is 1. The number of hydrogen-bond acceptors (Lipinski definition) is 2. The number of benzene rings is 2. The highest BCUT2D eigenvalue weighted by Gasteiger charge is 2.28. The molecule has 20 heavy (non-hydrogen) atoms. The van der Waals surface area contributed by atoms with E-state index in [0.29, 0.717) is 6.54 Å². The number of β-amino-alcohol motifs (C(OH)–C–C–N with tert-alkyl or cyclic N) is 1. The van der Waals surface area contributed by atoms with E-state index in [9.17, 15) is 14.3 Å². The third kappa shape index (κ3) is 2.42. The topological polar surface area (TPSA) is 40.5 Å². The number of amides is 1. The summed E-state index contributed by atoms with van der Waals surface area (Å²) >= 11 is 0. The summed E-state index contributed by atoms with van der Waals surface area (Å²) in [5.41, 5.74) is 2.66. The van der Waals surface area contributed by atoms with Crippen LogP contribution in [0.1, 0.15) is 6.42 Å². The second-order valence-corrected chi connectivity index (χ2v) is 4.92. The second-order valence-electron chi connectivity index (χ2n) is 4.92. The third-order valence-corrected chi connectivity index (χ3v) is 3.46. The summed E-state index contributed by atoms with van der Waals surface area (Å²) in [4.78, 5) is 13.3. The van der Waals surface area contributed by atoms with Crippen LogP contribution in [-0.2, 0) is 4.79 Å². The first-order valence-corrected chi connectivity index (χ1v) is 6.48. The molecule has 102 valence electrons. The monoisotopic (exact) mass is 271 g/mol. The van der Waals surface area contributed by atoms with Crippen LogP contribution in [-0.4, -0.2) is 23.7 Å². The smallest absolute Gasteiger partial charge is 0.229 e. The van der Waals surface area contributed by atoms with Gasteiger partial charge in [0.2, 0.25) is 5.91 Å². The minimum atomic E-state index is -0.584. The number of hydrogen-bond donors (Lipinski definition) is 1. The lowest BCUT2D eigenvalue weighted by Gasteiger charge is -2.16. The van der Waals surface area contributed by atoms with Gasteiger partial charge in [-0.05, 0) is 35.4 Å². The molecule has 3 nitrogen and oxygen atoms in total. The van der Waals surface area contributed by atoms with E-state index in [1.165, 1.54) is 12.1 Å². The molecule has 0 aromatic heterocycles. The van der Waals surface area contributed by atoms with Crippen LogP contribution in [0.25, 0.3) is 11.1 Å². The molecular weight excluding hydrogens is 257 g/mol. The predicted octanol–water partition coefficient (Wildman–Crippen LogP) is 2.59. The Morgan fingerprint density at radius 3 is 2.05 bits per heavy atom.